The van der Waals surface area contributed by atoms with E-state index in [-0.39, 0.29) is 16.3 Å². The molecule has 0 saturated carbocycles. The molecule has 0 heterocycles. The third kappa shape index (κ3) is 3.31. The second kappa shape index (κ2) is 4.62. The highest BCUT2D eigenvalue weighted by Crippen LogP contribution is 2.24. The molecular formula is C8H10F2N2O3S. The molecule has 0 aliphatic heterocycles. The number of halogens is 2. The smallest absolute Gasteiger partial charge is 0.272 e. The number of alkyl halides is 2. The highest BCUT2D eigenvalue weighted by molar-refractivity contribution is 7.89. The highest BCUT2D eigenvalue weighted by Gasteiger charge is 2.12. The van der Waals surface area contributed by atoms with Gasteiger partial charge in [-0.15, -0.1) is 0 Å². The molecule has 0 aromatic heterocycles. The fraction of sp³-hybridized carbons (Fsp3) is 0.250. The highest BCUT2D eigenvalue weighted by atomic mass is 32.2. The number of hydrogen-bond donors (Lipinski definition) is 2. The van der Waals surface area contributed by atoms with Crippen molar-refractivity contribution in [3.05, 3.63) is 18.2 Å². The lowest BCUT2D eigenvalue weighted by Gasteiger charge is -2.09. The minimum atomic E-state index is -3.90. The van der Waals surface area contributed by atoms with Crippen LogP contribution in [0.25, 0.3) is 0 Å². The molecule has 90 valence electrons. The molecule has 1 aromatic rings. The zero-order valence-corrected chi connectivity index (χ0v) is 8.88. The average Bonchev–Trinajstić information content (AvgIpc) is 2.14. The molecule has 0 amide bonds. The standard InChI is InChI=1S/C8H10F2N2O3S/c9-8(10)4-15-7-3-5(16(12,13)14)1-2-6(7)11/h1-3,8H,4,11H2,(H2,12,13,14). The first-order chi connectivity index (χ1) is 7.30. The van der Waals surface area contributed by atoms with Crippen molar-refractivity contribution in [1.29, 1.82) is 0 Å². The average molecular weight is 252 g/mol. The van der Waals surface area contributed by atoms with Gasteiger partial charge in [0, 0.05) is 6.07 Å². The predicted octanol–water partition coefficient (Wildman–Crippen LogP) is 0.560. The van der Waals surface area contributed by atoms with Gasteiger partial charge in [0.1, 0.15) is 12.4 Å². The van der Waals surface area contributed by atoms with Crippen molar-refractivity contribution >= 4 is 15.7 Å². The largest absolute Gasteiger partial charge is 0.485 e. The van der Waals surface area contributed by atoms with Crippen molar-refractivity contribution in [2.75, 3.05) is 12.3 Å². The van der Waals surface area contributed by atoms with Gasteiger partial charge in [0.15, 0.2) is 0 Å². The van der Waals surface area contributed by atoms with Crippen LogP contribution in [0.2, 0.25) is 0 Å². The summed E-state index contributed by atoms with van der Waals surface area (Å²) < 4.78 is 50.3. The van der Waals surface area contributed by atoms with E-state index in [0.29, 0.717) is 0 Å². The Labute approximate surface area is 91.0 Å². The third-order valence-electron chi connectivity index (χ3n) is 1.68. The Hall–Kier alpha value is -1.41. The van der Waals surface area contributed by atoms with Crippen molar-refractivity contribution in [1.82, 2.24) is 0 Å². The maximum atomic E-state index is 11.9. The molecule has 0 aliphatic carbocycles. The molecule has 1 rings (SSSR count). The summed E-state index contributed by atoms with van der Waals surface area (Å²) in [6, 6.07) is 3.40. The minimum absolute atomic E-state index is 0.0630. The Balaban J connectivity index is 3.00. The van der Waals surface area contributed by atoms with Gasteiger partial charge in [-0.2, -0.15) is 0 Å². The Kier molecular flexibility index (Phi) is 3.66. The molecule has 0 aliphatic rings. The van der Waals surface area contributed by atoms with Crippen LogP contribution in [0, 0.1) is 0 Å². The number of primary sulfonamides is 1. The molecule has 5 nitrogen and oxygen atoms in total. The van der Waals surface area contributed by atoms with Crippen molar-refractivity contribution in [2.24, 2.45) is 5.14 Å². The van der Waals surface area contributed by atoms with Crippen LogP contribution in [-0.2, 0) is 10.0 Å². The first-order valence-electron chi connectivity index (χ1n) is 4.14. The number of nitrogens with two attached hydrogens (primary N) is 2. The van der Waals surface area contributed by atoms with E-state index in [4.69, 9.17) is 10.9 Å². The van der Waals surface area contributed by atoms with Crippen LogP contribution < -0.4 is 15.6 Å². The van der Waals surface area contributed by atoms with Gasteiger partial charge in [-0.1, -0.05) is 0 Å². The number of ether oxygens (including phenoxy) is 1. The zero-order valence-electron chi connectivity index (χ0n) is 8.06. The number of benzene rings is 1. The summed E-state index contributed by atoms with van der Waals surface area (Å²) in [4.78, 5) is -0.244. The summed E-state index contributed by atoms with van der Waals surface area (Å²) in [7, 11) is -3.90. The maximum Gasteiger partial charge on any atom is 0.272 e. The SMILES string of the molecule is Nc1ccc(S(N)(=O)=O)cc1OCC(F)F. The van der Waals surface area contributed by atoms with Gasteiger partial charge in [-0.05, 0) is 12.1 Å². The van der Waals surface area contributed by atoms with Crippen LogP contribution in [0.3, 0.4) is 0 Å². The normalized spacial score (nSPS) is 11.8. The van der Waals surface area contributed by atoms with Crippen LogP contribution in [0.15, 0.2) is 23.1 Å². The van der Waals surface area contributed by atoms with Gasteiger partial charge in [-0.25, -0.2) is 22.3 Å². The molecule has 0 unspecified atom stereocenters. The third-order valence-corrected chi connectivity index (χ3v) is 2.59. The molecule has 0 fully saturated rings. The molecule has 0 radical (unpaired) electrons. The molecule has 8 heteroatoms. The van der Waals surface area contributed by atoms with Crippen LogP contribution >= 0.6 is 0 Å². The van der Waals surface area contributed by atoms with E-state index >= 15 is 0 Å². The monoisotopic (exact) mass is 252 g/mol. The number of hydrogen-bond acceptors (Lipinski definition) is 4. The summed E-state index contributed by atoms with van der Waals surface area (Å²) in [6.45, 7) is -0.863. The molecular weight excluding hydrogens is 242 g/mol. The Bertz CT molecular complexity index is 476. The first kappa shape index (κ1) is 12.7. The maximum absolute atomic E-state index is 11.9. The van der Waals surface area contributed by atoms with Crippen molar-refractivity contribution in [3.8, 4) is 5.75 Å². The molecule has 0 saturated heterocycles. The second-order valence-electron chi connectivity index (χ2n) is 2.95. The topological polar surface area (TPSA) is 95.4 Å². The Morgan fingerprint density at radius 1 is 1.38 bits per heavy atom. The van der Waals surface area contributed by atoms with Crippen molar-refractivity contribution < 1.29 is 21.9 Å². The van der Waals surface area contributed by atoms with E-state index in [1.807, 2.05) is 0 Å². The summed E-state index contributed by atoms with van der Waals surface area (Å²) in [5.41, 5.74) is 5.48. The van der Waals surface area contributed by atoms with Crippen LogP contribution in [0.4, 0.5) is 14.5 Å². The molecule has 0 bridgehead atoms. The lowest BCUT2D eigenvalue weighted by Crippen LogP contribution is -2.13. The van der Waals surface area contributed by atoms with Crippen LogP contribution in [0.5, 0.6) is 5.75 Å². The van der Waals surface area contributed by atoms with E-state index in [2.05, 4.69) is 4.74 Å². The van der Waals surface area contributed by atoms with Crippen molar-refractivity contribution in [3.63, 3.8) is 0 Å². The molecule has 4 N–H and O–H groups in total. The number of nitrogen functional groups attached to an aromatic ring is 1. The molecule has 1 aromatic carbocycles. The fourth-order valence-corrected chi connectivity index (χ4v) is 1.50. The van der Waals surface area contributed by atoms with Gasteiger partial charge in [0.25, 0.3) is 6.43 Å². The van der Waals surface area contributed by atoms with Crippen molar-refractivity contribution in [2.45, 2.75) is 11.3 Å². The van der Waals surface area contributed by atoms with E-state index in [1.165, 1.54) is 12.1 Å². The zero-order chi connectivity index (χ0) is 12.3. The van der Waals surface area contributed by atoms with Crippen LogP contribution in [-0.4, -0.2) is 21.5 Å². The van der Waals surface area contributed by atoms with Gasteiger partial charge < -0.3 is 10.5 Å². The van der Waals surface area contributed by atoms with Gasteiger partial charge in [-0.3, -0.25) is 0 Å². The number of rotatable bonds is 4. The Morgan fingerprint density at radius 3 is 2.50 bits per heavy atom. The summed E-state index contributed by atoms with van der Waals surface area (Å²) >= 11 is 0. The quantitative estimate of drug-likeness (QED) is 0.765. The second-order valence-corrected chi connectivity index (χ2v) is 4.51. The molecule has 16 heavy (non-hydrogen) atoms. The Morgan fingerprint density at radius 2 is 2.00 bits per heavy atom. The van der Waals surface area contributed by atoms with E-state index in [9.17, 15) is 17.2 Å². The van der Waals surface area contributed by atoms with E-state index in [0.717, 1.165) is 6.07 Å². The summed E-state index contributed by atoms with van der Waals surface area (Å²) in [5, 5.41) is 4.86. The van der Waals surface area contributed by atoms with Gasteiger partial charge in [0.05, 0.1) is 10.6 Å². The van der Waals surface area contributed by atoms with Gasteiger partial charge >= 0.3 is 0 Å². The number of anilines is 1. The van der Waals surface area contributed by atoms with E-state index < -0.39 is 23.1 Å². The lowest BCUT2D eigenvalue weighted by atomic mass is 10.3. The first-order valence-corrected chi connectivity index (χ1v) is 5.68. The fourth-order valence-electron chi connectivity index (χ4n) is 0.969. The minimum Gasteiger partial charge on any atom is -0.485 e. The molecule has 0 atom stereocenters. The predicted molar refractivity (Wildman–Crippen MR) is 53.7 cm³/mol. The molecule has 0 spiro atoms. The summed E-state index contributed by atoms with van der Waals surface area (Å²) in [5.74, 6) is -0.133. The van der Waals surface area contributed by atoms with E-state index in [1.54, 1.807) is 0 Å². The van der Waals surface area contributed by atoms with Crippen LogP contribution in [0.1, 0.15) is 0 Å². The number of sulfonamides is 1. The summed E-state index contributed by atoms with van der Waals surface area (Å²) in [6.07, 6.45) is -2.67. The lowest BCUT2D eigenvalue weighted by molar-refractivity contribution is 0.0822. The van der Waals surface area contributed by atoms with Gasteiger partial charge in [0.2, 0.25) is 10.0 Å².